The lowest BCUT2D eigenvalue weighted by molar-refractivity contribution is 0.113. The minimum absolute atomic E-state index is 0.169. The average molecular weight is 284 g/mol. The first-order chi connectivity index (χ1) is 9.15. The molecule has 5 heteroatoms. The van der Waals surface area contributed by atoms with Gasteiger partial charge in [0.05, 0.1) is 13.2 Å². The van der Waals surface area contributed by atoms with E-state index in [1.165, 1.54) is 0 Å². The molecule has 1 aromatic carbocycles. The Kier molecular flexibility index (Phi) is 5.05. The number of piperazine rings is 1. The second-order valence-corrected chi connectivity index (χ2v) is 5.41. The standard InChI is InChI=1S/C14H22ClN3O/c1-17-5-7-18(8-6-17)13(10-16)12-9-11(15)3-4-14(12)19-2/h3-4,9,13H,5-8,10,16H2,1-2H3. The minimum atomic E-state index is 0.169. The van der Waals surface area contributed by atoms with Gasteiger partial charge in [0.25, 0.3) is 0 Å². The third-order valence-corrected chi connectivity index (χ3v) is 3.99. The summed E-state index contributed by atoms with van der Waals surface area (Å²) in [7, 11) is 3.83. The highest BCUT2D eigenvalue weighted by Crippen LogP contribution is 2.31. The van der Waals surface area contributed by atoms with Crippen LogP contribution in [0.15, 0.2) is 18.2 Å². The Morgan fingerprint density at radius 2 is 2.00 bits per heavy atom. The number of likely N-dealkylation sites (N-methyl/N-ethyl adjacent to an activating group) is 1. The quantitative estimate of drug-likeness (QED) is 0.911. The number of halogens is 1. The molecule has 0 bridgehead atoms. The van der Waals surface area contributed by atoms with E-state index in [9.17, 15) is 0 Å². The molecule has 1 aliphatic heterocycles. The highest BCUT2D eigenvalue weighted by Gasteiger charge is 2.25. The van der Waals surface area contributed by atoms with Crippen molar-refractivity contribution in [2.75, 3.05) is 46.9 Å². The maximum absolute atomic E-state index is 6.11. The van der Waals surface area contributed by atoms with Crippen molar-refractivity contribution in [1.82, 2.24) is 9.80 Å². The van der Waals surface area contributed by atoms with Crippen molar-refractivity contribution in [2.24, 2.45) is 5.73 Å². The van der Waals surface area contributed by atoms with E-state index in [1.807, 2.05) is 18.2 Å². The lowest BCUT2D eigenvalue weighted by Gasteiger charge is -2.38. The first-order valence-electron chi connectivity index (χ1n) is 6.61. The van der Waals surface area contributed by atoms with Gasteiger partial charge in [0.1, 0.15) is 5.75 Å². The van der Waals surface area contributed by atoms with Gasteiger partial charge in [-0.3, -0.25) is 4.90 Å². The van der Waals surface area contributed by atoms with Crippen molar-refractivity contribution >= 4 is 11.6 Å². The SMILES string of the molecule is COc1ccc(Cl)cc1C(CN)N1CCN(C)CC1. The van der Waals surface area contributed by atoms with Gasteiger partial charge in [-0.2, -0.15) is 0 Å². The van der Waals surface area contributed by atoms with Crippen LogP contribution in [0.5, 0.6) is 5.75 Å². The van der Waals surface area contributed by atoms with Crippen molar-refractivity contribution in [1.29, 1.82) is 0 Å². The van der Waals surface area contributed by atoms with Gasteiger partial charge in [0, 0.05) is 43.3 Å². The van der Waals surface area contributed by atoms with Gasteiger partial charge >= 0.3 is 0 Å². The number of nitrogens with zero attached hydrogens (tertiary/aromatic N) is 2. The fourth-order valence-electron chi connectivity index (χ4n) is 2.57. The molecule has 0 saturated carbocycles. The van der Waals surface area contributed by atoms with Crippen LogP contribution in [0.3, 0.4) is 0 Å². The van der Waals surface area contributed by atoms with Crippen molar-refractivity contribution in [3.8, 4) is 5.75 Å². The Morgan fingerprint density at radius 3 is 2.58 bits per heavy atom. The highest BCUT2D eigenvalue weighted by molar-refractivity contribution is 6.30. The molecule has 1 aliphatic rings. The Labute approximate surface area is 120 Å². The van der Waals surface area contributed by atoms with Crippen LogP contribution in [-0.2, 0) is 0 Å². The maximum atomic E-state index is 6.11. The summed E-state index contributed by atoms with van der Waals surface area (Å²) in [6.45, 7) is 4.75. The number of nitrogens with two attached hydrogens (primary N) is 1. The molecule has 19 heavy (non-hydrogen) atoms. The number of rotatable bonds is 4. The summed E-state index contributed by atoms with van der Waals surface area (Å²) in [6.07, 6.45) is 0. The van der Waals surface area contributed by atoms with Gasteiger partial charge in [-0.15, -0.1) is 0 Å². The van der Waals surface area contributed by atoms with Crippen LogP contribution in [0.1, 0.15) is 11.6 Å². The number of ether oxygens (including phenoxy) is 1. The van der Waals surface area contributed by atoms with E-state index in [4.69, 9.17) is 22.1 Å². The summed E-state index contributed by atoms with van der Waals surface area (Å²) in [6, 6.07) is 5.90. The Bertz CT molecular complexity index is 419. The molecule has 1 unspecified atom stereocenters. The molecule has 0 amide bonds. The number of hydrogen-bond acceptors (Lipinski definition) is 4. The molecule has 1 saturated heterocycles. The van der Waals surface area contributed by atoms with E-state index in [-0.39, 0.29) is 6.04 Å². The van der Waals surface area contributed by atoms with Crippen LogP contribution >= 0.6 is 11.6 Å². The van der Waals surface area contributed by atoms with Gasteiger partial charge < -0.3 is 15.4 Å². The Hall–Kier alpha value is -0.810. The van der Waals surface area contributed by atoms with Crippen LogP contribution < -0.4 is 10.5 Å². The molecule has 0 aromatic heterocycles. The molecule has 2 rings (SSSR count). The van der Waals surface area contributed by atoms with Gasteiger partial charge in [-0.25, -0.2) is 0 Å². The van der Waals surface area contributed by atoms with Crippen molar-refractivity contribution in [3.63, 3.8) is 0 Å². The molecule has 1 heterocycles. The zero-order valence-corrected chi connectivity index (χ0v) is 12.4. The molecular formula is C14H22ClN3O. The van der Waals surface area contributed by atoms with E-state index in [2.05, 4.69) is 16.8 Å². The van der Waals surface area contributed by atoms with Crippen LogP contribution in [-0.4, -0.2) is 56.7 Å². The van der Waals surface area contributed by atoms with E-state index in [0.29, 0.717) is 6.54 Å². The fourth-order valence-corrected chi connectivity index (χ4v) is 2.75. The van der Waals surface area contributed by atoms with Crippen LogP contribution in [0, 0.1) is 0 Å². The third kappa shape index (κ3) is 3.39. The number of hydrogen-bond donors (Lipinski definition) is 1. The van der Waals surface area contributed by atoms with E-state index in [1.54, 1.807) is 7.11 Å². The average Bonchev–Trinajstić information content (AvgIpc) is 2.42. The summed E-state index contributed by atoms with van der Waals surface area (Å²) >= 11 is 6.11. The summed E-state index contributed by atoms with van der Waals surface area (Å²) in [5.74, 6) is 0.860. The van der Waals surface area contributed by atoms with Crippen LogP contribution in [0.25, 0.3) is 0 Å². The molecular weight excluding hydrogens is 262 g/mol. The lowest BCUT2D eigenvalue weighted by atomic mass is 10.0. The number of benzene rings is 1. The van der Waals surface area contributed by atoms with Crippen molar-refractivity contribution in [2.45, 2.75) is 6.04 Å². The molecule has 0 radical (unpaired) electrons. The smallest absolute Gasteiger partial charge is 0.123 e. The third-order valence-electron chi connectivity index (χ3n) is 3.75. The topological polar surface area (TPSA) is 41.7 Å². The molecule has 106 valence electrons. The zero-order valence-electron chi connectivity index (χ0n) is 11.6. The normalized spacial score (nSPS) is 19.4. The highest BCUT2D eigenvalue weighted by atomic mass is 35.5. The predicted octanol–water partition coefficient (Wildman–Crippen LogP) is 1.60. The summed E-state index contributed by atoms with van der Waals surface area (Å²) in [4.78, 5) is 4.74. The van der Waals surface area contributed by atoms with Gasteiger partial charge in [-0.05, 0) is 25.2 Å². The monoisotopic (exact) mass is 283 g/mol. The van der Waals surface area contributed by atoms with Gasteiger partial charge in [0.2, 0.25) is 0 Å². The summed E-state index contributed by atoms with van der Waals surface area (Å²) < 4.78 is 5.44. The molecule has 2 N–H and O–H groups in total. The second-order valence-electron chi connectivity index (χ2n) is 4.98. The molecule has 1 atom stereocenters. The molecule has 0 spiro atoms. The Morgan fingerprint density at radius 1 is 1.32 bits per heavy atom. The largest absolute Gasteiger partial charge is 0.496 e. The van der Waals surface area contributed by atoms with Gasteiger partial charge in [0.15, 0.2) is 0 Å². The van der Waals surface area contributed by atoms with Crippen LogP contribution in [0.2, 0.25) is 5.02 Å². The van der Waals surface area contributed by atoms with Gasteiger partial charge in [-0.1, -0.05) is 11.6 Å². The van der Waals surface area contributed by atoms with E-state index < -0.39 is 0 Å². The fraction of sp³-hybridized carbons (Fsp3) is 0.571. The molecule has 1 aromatic rings. The first-order valence-corrected chi connectivity index (χ1v) is 6.99. The molecule has 1 fully saturated rings. The second kappa shape index (κ2) is 6.57. The van der Waals surface area contributed by atoms with E-state index in [0.717, 1.165) is 42.5 Å². The lowest BCUT2D eigenvalue weighted by Crippen LogP contribution is -2.47. The molecule has 4 nitrogen and oxygen atoms in total. The number of methoxy groups -OCH3 is 1. The maximum Gasteiger partial charge on any atom is 0.123 e. The van der Waals surface area contributed by atoms with Crippen LogP contribution in [0.4, 0.5) is 0 Å². The first kappa shape index (κ1) is 14.6. The zero-order chi connectivity index (χ0) is 13.8. The summed E-state index contributed by atoms with van der Waals surface area (Å²) in [5.41, 5.74) is 7.08. The predicted molar refractivity (Wildman–Crippen MR) is 78.9 cm³/mol. The summed E-state index contributed by atoms with van der Waals surface area (Å²) in [5, 5.41) is 0.725. The minimum Gasteiger partial charge on any atom is -0.496 e. The van der Waals surface area contributed by atoms with Crippen molar-refractivity contribution < 1.29 is 4.74 Å². The van der Waals surface area contributed by atoms with Crippen molar-refractivity contribution in [3.05, 3.63) is 28.8 Å². The van der Waals surface area contributed by atoms with E-state index >= 15 is 0 Å². The Balaban J connectivity index is 2.23. The molecule has 0 aliphatic carbocycles.